The first-order valence-electron chi connectivity index (χ1n) is 6.43. The number of nitrogens with zero attached hydrogens (tertiary/aromatic N) is 1. The van der Waals surface area contributed by atoms with Crippen LogP contribution in [0.4, 0.5) is 5.69 Å². The Morgan fingerprint density at radius 2 is 1.81 bits per heavy atom. The van der Waals surface area contributed by atoms with Gasteiger partial charge in [-0.25, -0.2) is 0 Å². The third-order valence-electron chi connectivity index (χ3n) is 2.95. The first kappa shape index (κ1) is 14.8. The maximum absolute atomic E-state index is 11.1. The summed E-state index contributed by atoms with van der Waals surface area (Å²) in [5.74, 6) is 1.11. The Morgan fingerprint density at radius 1 is 1.14 bits per heavy atom. The number of ether oxygens (including phenoxy) is 2. The van der Waals surface area contributed by atoms with Gasteiger partial charge in [-0.05, 0) is 42.8 Å². The van der Waals surface area contributed by atoms with Crippen LogP contribution in [0.5, 0.6) is 17.2 Å². The Hall–Kier alpha value is -2.60. The van der Waals surface area contributed by atoms with Crippen LogP contribution in [0.15, 0.2) is 42.5 Å². The summed E-state index contributed by atoms with van der Waals surface area (Å²) in [6, 6.07) is 11.8. The molecule has 0 aliphatic heterocycles. The van der Waals surface area contributed by atoms with Crippen molar-refractivity contribution < 1.29 is 14.4 Å². The monoisotopic (exact) mass is 288 g/mol. The highest BCUT2D eigenvalue weighted by Gasteiger charge is 2.17. The maximum Gasteiger partial charge on any atom is 0.315 e. The second-order valence-corrected chi connectivity index (χ2v) is 4.38. The third kappa shape index (κ3) is 3.70. The van der Waals surface area contributed by atoms with Gasteiger partial charge < -0.3 is 15.2 Å². The quantitative estimate of drug-likeness (QED) is 0.652. The van der Waals surface area contributed by atoms with Crippen molar-refractivity contribution in [2.24, 2.45) is 5.73 Å². The average Bonchev–Trinajstić information content (AvgIpc) is 2.49. The minimum atomic E-state index is -0.499. The lowest BCUT2D eigenvalue weighted by Crippen LogP contribution is -2.02. The van der Waals surface area contributed by atoms with Crippen LogP contribution in [0.25, 0.3) is 0 Å². The Bertz CT molecular complexity index is 626. The Labute approximate surface area is 122 Å². The summed E-state index contributed by atoms with van der Waals surface area (Å²) in [6.45, 7) is 0.574. The Kier molecular flexibility index (Phi) is 4.73. The predicted molar refractivity (Wildman–Crippen MR) is 78.9 cm³/mol. The van der Waals surface area contributed by atoms with Gasteiger partial charge in [0.25, 0.3) is 0 Å². The summed E-state index contributed by atoms with van der Waals surface area (Å²) >= 11 is 0. The zero-order valence-electron chi connectivity index (χ0n) is 11.6. The molecule has 0 saturated carbocycles. The molecular weight excluding hydrogens is 272 g/mol. The van der Waals surface area contributed by atoms with E-state index in [1.807, 2.05) is 12.1 Å². The number of nitrogens with two attached hydrogens (primary N) is 1. The zero-order valence-corrected chi connectivity index (χ0v) is 11.6. The van der Waals surface area contributed by atoms with E-state index in [9.17, 15) is 10.1 Å². The van der Waals surface area contributed by atoms with Crippen LogP contribution in [0.1, 0.15) is 5.56 Å². The van der Waals surface area contributed by atoms with Gasteiger partial charge in [0.15, 0.2) is 0 Å². The van der Waals surface area contributed by atoms with Crippen molar-refractivity contribution in [1.82, 2.24) is 0 Å². The van der Waals surface area contributed by atoms with Crippen molar-refractivity contribution in [3.8, 4) is 17.2 Å². The first-order valence-corrected chi connectivity index (χ1v) is 6.43. The van der Waals surface area contributed by atoms with Gasteiger partial charge in [0.05, 0.1) is 18.1 Å². The van der Waals surface area contributed by atoms with E-state index in [-0.39, 0.29) is 11.4 Å². The van der Waals surface area contributed by atoms with E-state index >= 15 is 0 Å². The Balaban J connectivity index is 2.24. The van der Waals surface area contributed by atoms with Crippen molar-refractivity contribution in [3.05, 3.63) is 58.1 Å². The molecule has 0 fully saturated rings. The third-order valence-corrected chi connectivity index (χ3v) is 2.95. The van der Waals surface area contributed by atoms with E-state index in [1.54, 1.807) is 18.2 Å². The van der Waals surface area contributed by atoms with E-state index in [4.69, 9.17) is 15.2 Å². The van der Waals surface area contributed by atoms with Crippen LogP contribution >= 0.6 is 0 Å². The van der Waals surface area contributed by atoms with E-state index in [2.05, 4.69) is 0 Å². The smallest absolute Gasteiger partial charge is 0.315 e. The fourth-order valence-electron chi connectivity index (χ4n) is 1.87. The van der Waals surface area contributed by atoms with Crippen LogP contribution < -0.4 is 15.2 Å². The summed E-state index contributed by atoms with van der Waals surface area (Å²) in [5, 5.41) is 11.1. The molecule has 2 rings (SSSR count). The van der Waals surface area contributed by atoms with Crippen LogP contribution in [0, 0.1) is 10.1 Å². The molecule has 6 nitrogen and oxygen atoms in total. The lowest BCUT2D eigenvalue weighted by atomic mass is 10.1. The average molecular weight is 288 g/mol. The van der Waals surface area contributed by atoms with Gasteiger partial charge in [-0.1, -0.05) is 12.1 Å². The summed E-state index contributed by atoms with van der Waals surface area (Å²) in [5.41, 5.74) is 6.44. The van der Waals surface area contributed by atoms with Gasteiger partial charge in [-0.15, -0.1) is 0 Å². The van der Waals surface area contributed by atoms with Gasteiger partial charge in [-0.3, -0.25) is 10.1 Å². The highest BCUT2D eigenvalue weighted by molar-refractivity contribution is 5.52. The van der Waals surface area contributed by atoms with Crippen LogP contribution in [-0.4, -0.2) is 18.6 Å². The number of hydrogen-bond donors (Lipinski definition) is 1. The van der Waals surface area contributed by atoms with Gasteiger partial charge in [0, 0.05) is 0 Å². The van der Waals surface area contributed by atoms with Crippen molar-refractivity contribution in [3.63, 3.8) is 0 Å². The van der Waals surface area contributed by atoms with Crippen molar-refractivity contribution in [1.29, 1.82) is 0 Å². The molecule has 0 aliphatic carbocycles. The minimum Gasteiger partial charge on any atom is -0.496 e. The highest BCUT2D eigenvalue weighted by atomic mass is 16.6. The van der Waals surface area contributed by atoms with Crippen LogP contribution in [0.2, 0.25) is 0 Å². The van der Waals surface area contributed by atoms with E-state index in [1.165, 1.54) is 19.2 Å². The van der Waals surface area contributed by atoms with E-state index < -0.39 is 4.92 Å². The second-order valence-electron chi connectivity index (χ2n) is 4.38. The number of nitro groups is 1. The van der Waals surface area contributed by atoms with Gasteiger partial charge in [0.2, 0.25) is 5.75 Å². The number of nitro benzene ring substituents is 1. The molecule has 0 aromatic heterocycles. The molecule has 0 spiro atoms. The summed E-state index contributed by atoms with van der Waals surface area (Å²) in [4.78, 5) is 10.6. The molecule has 6 heteroatoms. The predicted octanol–water partition coefficient (Wildman–Crippen LogP) is 2.90. The fraction of sp³-hybridized carbons (Fsp3) is 0.200. The van der Waals surface area contributed by atoms with Crippen molar-refractivity contribution in [2.75, 3.05) is 13.7 Å². The first-order chi connectivity index (χ1) is 10.1. The lowest BCUT2D eigenvalue weighted by Gasteiger charge is -2.08. The molecule has 0 heterocycles. The number of methoxy groups -OCH3 is 1. The number of hydrogen-bond acceptors (Lipinski definition) is 5. The van der Waals surface area contributed by atoms with Crippen LogP contribution in [0.3, 0.4) is 0 Å². The lowest BCUT2D eigenvalue weighted by molar-refractivity contribution is -0.385. The highest BCUT2D eigenvalue weighted by Crippen LogP contribution is 2.34. The van der Waals surface area contributed by atoms with Crippen molar-refractivity contribution in [2.45, 2.75) is 6.42 Å². The maximum atomic E-state index is 11.1. The molecule has 0 radical (unpaired) electrons. The summed E-state index contributed by atoms with van der Waals surface area (Å²) in [6.07, 6.45) is 0.781. The van der Waals surface area contributed by atoms with E-state index in [0.29, 0.717) is 18.0 Å². The molecule has 0 saturated heterocycles. The SMILES string of the molecule is COc1ccc(Oc2ccc(CCN)cc2)c([N+](=O)[O-])c1. The number of rotatable bonds is 6. The molecule has 0 amide bonds. The molecule has 21 heavy (non-hydrogen) atoms. The Morgan fingerprint density at radius 3 is 2.38 bits per heavy atom. The van der Waals surface area contributed by atoms with Gasteiger partial charge in [-0.2, -0.15) is 0 Å². The molecule has 0 unspecified atom stereocenters. The molecule has 0 aliphatic rings. The minimum absolute atomic E-state index is 0.139. The largest absolute Gasteiger partial charge is 0.496 e. The summed E-state index contributed by atoms with van der Waals surface area (Å²) < 4.78 is 10.6. The zero-order chi connectivity index (χ0) is 15.2. The van der Waals surface area contributed by atoms with Gasteiger partial charge in [0.1, 0.15) is 11.5 Å². The van der Waals surface area contributed by atoms with E-state index in [0.717, 1.165) is 12.0 Å². The normalized spacial score (nSPS) is 10.2. The van der Waals surface area contributed by atoms with Crippen LogP contribution in [-0.2, 0) is 6.42 Å². The fourth-order valence-corrected chi connectivity index (χ4v) is 1.87. The molecule has 2 aromatic carbocycles. The summed E-state index contributed by atoms with van der Waals surface area (Å²) in [7, 11) is 1.45. The molecule has 0 atom stereocenters. The molecule has 110 valence electrons. The second kappa shape index (κ2) is 6.71. The van der Waals surface area contributed by atoms with Gasteiger partial charge >= 0.3 is 5.69 Å². The molecule has 2 N–H and O–H groups in total. The standard InChI is InChI=1S/C15H16N2O4/c1-20-13-6-7-15(14(10-13)17(18)19)21-12-4-2-11(3-5-12)8-9-16/h2-7,10H,8-9,16H2,1H3. The number of benzene rings is 2. The molecule has 2 aromatic rings. The molecule has 0 bridgehead atoms. The topological polar surface area (TPSA) is 87.6 Å². The molecular formula is C15H16N2O4. The van der Waals surface area contributed by atoms with Crippen molar-refractivity contribution >= 4 is 5.69 Å².